The van der Waals surface area contributed by atoms with E-state index in [2.05, 4.69) is 17.6 Å². The molecule has 0 aliphatic heterocycles. The number of hydrogen-bond donors (Lipinski definition) is 2. The van der Waals surface area contributed by atoms with Crippen molar-refractivity contribution in [2.45, 2.75) is 38.1 Å². The number of carbonyl (C=O) groups is 1. The molecular weight excluding hydrogens is 231 g/mol. The van der Waals surface area contributed by atoms with Crippen molar-refractivity contribution in [2.75, 3.05) is 11.9 Å². The molecule has 2 N–H and O–H groups in total. The number of amides is 1. The Morgan fingerprint density at radius 3 is 2.67 bits per heavy atom. The van der Waals surface area contributed by atoms with Gasteiger partial charge >= 0.3 is 0 Å². The van der Waals surface area contributed by atoms with Gasteiger partial charge in [-0.2, -0.15) is 0 Å². The number of rotatable bonds is 5. The van der Waals surface area contributed by atoms with E-state index < -0.39 is 5.82 Å². The second kappa shape index (κ2) is 5.48. The number of para-hydroxylation sites is 1. The van der Waals surface area contributed by atoms with Gasteiger partial charge in [-0.15, -0.1) is 0 Å². The third kappa shape index (κ3) is 2.88. The molecule has 4 heteroatoms. The van der Waals surface area contributed by atoms with Gasteiger partial charge in [0.25, 0.3) is 0 Å². The average Bonchev–Trinajstić information content (AvgIpc) is 2.31. The zero-order chi connectivity index (χ0) is 13.0. The molecule has 1 fully saturated rings. The van der Waals surface area contributed by atoms with E-state index in [1.54, 1.807) is 18.2 Å². The van der Waals surface area contributed by atoms with Crippen LogP contribution in [0.1, 0.15) is 32.6 Å². The first-order valence-corrected chi connectivity index (χ1v) is 6.45. The van der Waals surface area contributed by atoms with Crippen molar-refractivity contribution in [3.05, 3.63) is 30.1 Å². The van der Waals surface area contributed by atoms with Gasteiger partial charge in [0.2, 0.25) is 5.91 Å². The number of benzene rings is 1. The van der Waals surface area contributed by atoms with Gasteiger partial charge in [0.15, 0.2) is 0 Å². The zero-order valence-electron chi connectivity index (χ0n) is 10.6. The van der Waals surface area contributed by atoms with E-state index in [0.717, 1.165) is 19.3 Å². The molecule has 0 saturated heterocycles. The first-order valence-electron chi connectivity index (χ1n) is 6.45. The summed E-state index contributed by atoms with van der Waals surface area (Å²) >= 11 is 0. The normalized spacial score (nSPS) is 17.0. The highest BCUT2D eigenvalue weighted by Gasteiger charge is 2.34. The molecule has 98 valence electrons. The Morgan fingerprint density at radius 1 is 1.39 bits per heavy atom. The van der Waals surface area contributed by atoms with E-state index in [1.807, 2.05) is 0 Å². The summed E-state index contributed by atoms with van der Waals surface area (Å²) in [6, 6.07) is 6.20. The van der Waals surface area contributed by atoms with Crippen molar-refractivity contribution in [3.8, 4) is 0 Å². The lowest BCUT2D eigenvalue weighted by Gasteiger charge is -2.42. The van der Waals surface area contributed by atoms with Crippen LogP contribution in [0.15, 0.2) is 24.3 Å². The maximum absolute atomic E-state index is 13.3. The molecule has 0 radical (unpaired) electrons. The second-order valence-corrected chi connectivity index (χ2v) is 4.87. The van der Waals surface area contributed by atoms with Crippen molar-refractivity contribution < 1.29 is 9.18 Å². The lowest BCUT2D eigenvalue weighted by molar-refractivity contribution is -0.116. The Hall–Kier alpha value is -1.42. The number of halogens is 1. The maximum atomic E-state index is 13.3. The molecule has 0 heterocycles. The fraction of sp³-hybridized carbons (Fsp3) is 0.500. The first kappa shape index (κ1) is 13.0. The van der Waals surface area contributed by atoms with Crippen LogP contribution in [0.5, 0.6) is 0 Å². The van der Waals surface area contributed by atoms with Gasteiger partial charge in [-0.05, 0) is 37.8 Å². The van der Waals surface area contributed by atoms with E-state index in [-0.39, 0.29) is 23.7 Å². The highest BCUT2D eigenvalue weighted by atomic mass is 19.1. The van der Waals surface area contributed by atoms with Crippen LogP contribution >= 0.6 is 0 Å². The summed E-state index contributed by atoms with van der Waals surface area (Å²) in [6.45, 7) is 2.36. The largest absolute Gasteiger partial charge is 0.322 e. The number of anilines is 1. The van der Waals surface area contributed by atoms with Gasteiger partial charge in [0, 0.05) is 5.54 Å². The molecule has 1 aliphatic carbocycles. The molecule has 0 atom stereocenters. The zero-order valence-corrected chi connectivity index (χ0v) is 10.6. The van der Waals surface area contributed by atoms with Crippen molar-refractivity contribution in [2.24, 2.45) is 0 Å². The number of carbonyl (C=O) groups excluding carboxylic acids is 1. The summed E-state index contributed by atoms with van der Waals surface area (Å²) < 4.78 is 13.3. The van der Waals surface area contributed by atoms with Crippen LogP contribution in [0, 0.1) is 5.82 Å². The Kier molecular flexibility index (Phi) is 3.97. The molecule has 3 nitrogen and oxygen atoms in total. The summed E-state index contributed by atoms with van der Waals surface area (Å²) in [5.41, 5.74) is 0.371. The molecule has 2 rings (SSSR count). The highest BCUT2D eigenvalue weighted by molar-refractivity contribution is 5.92. The summed E-state index contributed by atoms with van der Waals surface area (Å²) in [4.78, 5) is 11.7. The van der Waals surface area contributed by atoms with Crippen LogP contribution in [0.4, 0.5) is 10.1 Å². The topological polar surface area (TPSA) is 41.1 Å². The molecular formula is C14H19FN2O. The summed E-state index contributed by atoms with van der Waals surface area (Å²) in [5, 5.41) is 5.87. The molecule has 1 aromatic rings. The van der Waals surface area contributed by atoms with E-state index in [0.29, 0.717) is 0 Å². The smallest absolute Gasteiger partial charge is 0.238 e. The lowest BCUT2D eigenvalue weighted by atomic mass is 9.75. The first-order chi connectivity index (χ1) is 8.65. The molecule has 0 unspecified atom stereocenters. The summed E-state index contributed by atoms with van der Waals surface area (Å²) in [5.74, 6) is -0.598. The number of hydrogen-bond acceptors (Lipinski definition) is 2. The van der Waals surface area contributed by atoms with Crippen LogP contribution in [0.3, 0.4) is 0 Å². The Morgan fingerprint density at radius 2 is 2.11 bits per heavy atom. The minimum absolute atomic E-state index is 0.132. The maximum Gasteiger partial charge on any atom is 0.238 e. The Bertz CT molecular complexity index is 424. The molecule has 18 heavy (non-hydrogen) atoms. The molecule has 0 aromatic heterocycles. The molecule has 1 amide bonds. The molecule has 1 aliphatic rings. The van der Waals surface area contributed by atoms with E-state index in [4.69, 9.17) is 0 Å². The van der Waals surface area contributed by atoms with Crippen molar-refractivity contribution >= 4 is 11.6 Å². The van der Waals surface area contributed by atoms with Crippen molar-refractivity contribution in [1.82, 2.24) is 5.32 Å². The van der Waals surface area contributed by atoms with Gasteiger partial charge in [-0.3, -0.25) is 4.79 Å². The van der Waals surface area contributed by atoms with E-state index in [1.165, 1.54) is 12.5 Å². The quantitative estimate of drug-likeness (QED) is 0.843. The molecule has 1 saturated carbocycles. The van der Waals surface area contributed by atoms with Crippen LogP contribution in [0.25, 0.3) is 0 Å². The van der Waals surface area contributed by atoms with Crippen molar-refractivity contribution in [1.29, 1.82) is 0 Å². The van der Waals surface area contributed by atoms with E-state index in [9.17, 15) is 9.18 Å². The van der Waals surface area contributed by atoms with E-state index >= 15 is 0 Å². The van der Waals surface area contributed by atoms with Gasteiger partial charge in [0.1, 0.15) is 5.82 Å². The minimum atomic E-state index is -0.403. The fourth-order valence-electron chi connectivity index (χ4n) is 2.28. The summed E-state index contributed by atoms with van der Waals surface area (Å²) in [6.07, 6.45) is 4.49. The Balaban J connectivity index is 1.84. The average molecular weight is 250 g/mol. The predicted octanol–water partition coefficient (Wildman–Crippen LogP) is 2.69. The standard InChI is InChI=1S/C14H19FN2O/c1-2-14(8-5-9-14)16-10-13(18)17-12-7-4-3-6-11(12)15/h3-4,6-7,16H,2,5,8-10H2,1H3,(H,17,18). The minimum Gasteiger partial charge on any atom is -0.322 e. The third-order valence-electron chi connectivity index (χ3n) is 3.76. The fourth-order valence-corrected chi connectivity index (χ4v) is 2.28. The van der Waals surface area contributed by atoms with Gasteiger partial charge in [-0.25, -0.2) is 4.39 Å². The van der Waals surface area contributed by atoms with Crippen LogP contribution < -0.4 is 10.6 Å². The molecule has 1 aromatic carbocycles. The lowest BCUT2D eigenvalue weighted by Crippen LogP contribution is -2.52. The monoisotopic (exact) mass is 250 g/mol. The van der Waals surface area contributed by atoms with Crippen molar-refractivity contribution in [3.63, 3.8) is 0 Å². The highest BCUT2D eigenvalue weighted by Crippen LogP contribution is 2.34. The number of nitrogens with one attached hydrogen (secondary N) is 2. The summed E-state index contributed by atoms with van der Waals surface area (Å²) in [7, 11) is 0. The van der Waals surface area contributed by atoms with Gasteiger partial charge in [0.05, 0.1) is 12.2 Å². The third-order valence-corrected chi connectivity index (χ3v) is 3.76. The second-order valence-electron chi connectivity index (χ2n) is 4.87. The predicted molar refractivity (Wildman–Crippen MR) is 69.9 cm³/mol. The molecule has 0 bridgehead atoms. The van der Waals surface area contributed by atoms with Gasteiger partial charge < -0.3 is 10.6 Å². The SMILES string of the molecule is CCC1(NCC(=O)Nc2ccccc2F)CCC1. The van der Waals surface area contributed by atoms with Crippen LogP contribution in [-0.2, 0) is 4.79 Å². The molecule has 0 spiro atoms. The van der Waals surface area contributed by atoms with Crippen LogP contribution in [0.2, 0.25) is 0 Å². The Labute approximate surface area is 107 Å². The van der Waals surface area contributed by atoms with Gasteiger partial charge in [-0.1, -0.05) is 19.1 Å². The van der Waals surface area contributed by atoms with Crippen LogP contribution in [-0.4, -0.2) is 18.0 Å².